The molecule has 1 saturated carbocycles. The van der Waals surface area contributed by atoms with E-state index in [4.69, 9.17) is 5.11 Å². The van der Waals surface area contributed by atoms with E-state index in [-0.39, 0.29) is 24.4 Å². The molecule has 1 N–H and O–H groups in total. The van der Waals surface area contributed by atoms with Crippen LogP contribution in [0.1, 0.15) is 46.0 Å². The minimum absolute atomic E-state index is 0.00296. The zero-order valence-electron chi connectivity index (χ0n) is 10.1. The zero-order chi connectivity index (χ0) is 12.1. The molecule has 0 aromatic rings. The highest BCUT2D eigenvalue weighted by Gasteiger charge is 2.30. The molecule has 1 amide bonds. The molecule has 4 heteroatoms. The Balaban J connectivity index is 2.69. The number of carboxylic acid groups (broad SMARTS) is 1. The predicted molar refractivity (Wildman–Crippen MR) is 61.1 cm³/mol. The minimum Gasteiger partial charge on any atom is -0.480 e. The van der Waals surface area contributed by atoms with Gasteiger partial charge in [0.15, 0.2) is 0 Å². The summed E-state index contributed by atoms with van der Waals surface area (Å²) in [4.78, 5) is 24.4. The van der Waals surface area contributed by atoms with E-state index in [0.717, 1.165) is 32.1 Å². The van der Waals surface area contributed by atoms with Gasteiger partial charge in [-0.2, -0.15) is 0 Å². The Labute approximate surface area is 96.6 Å². The molecule has 0 radical (unpaired) electrons. The average molecular weight is 227 g/mol. The summed E-state index contributed by atoms with van der Waals surface area (Å²) in [6.45, 7) is 3.68. The van der Waals surface area contributed by atoms with Crippen LogP contribution in [0.4, 0.5) is 0 Å². The standard InChI is InChI=1S/C12H21NO3/c1-3-9(2)12(16)13(8-11(14)15)10-6-4-5-7-10/h9-10H,3-8H2,1-2H3,(H,14,15). The number of nitrogens with zero attached hydrogens (tertiary/aromatic N) is 1. The van der Waals surface area contributed by atoms with Crippen molar-refractivity contribution in [3.8, 4) is 0 Å². The van der Waals surface area contributed by atoms with Crippen molar-refractivity contribution in [1.82, 2.24) is 4.90 Å². The van der Waals surface area contributed by atoms with E-state index in [9.17, 15) is 9.59 Å². The molecule has 4 nitrogen and oxygen atoms in total. The summed E-state index contributed by atoms with van der Waals surface area (Å²) < 4.78 is 0. The van der Waals surface area contributed by atoms with Crippen molar-refractivity contribution in [2.24, 2.45) is 5.92 Å². The maximum Gasteiger partial charge on any atom is 0.323 e. The largest absolute Gasteiger partial charge is 0.480 e. The third-order valence-electron chi connectivity index (χ3n) is 3.39. The Morgan fingerprint density at radius 3 is 2.38 bits per heavy atom. The highest BCUT2D eigenvalue weighted by Crippen LogP contribution is 2.25. The molecule has 1 rings (SSSR count). The van der Waals surface area contributed by atoms with Crippen LogP contribution in [0.2, 0.25) is 0 Å². The van der Waals surface area contributed by atoms with Gasteiger partial charge in [-0.05, 0) is 19.3 Å². The molecule has 0 aliphatic heterocycles. The first-order valence-corrected chi connectivity index (χ1v) is 6.08. The molecule has 1 unspecified atom stereocenters. The Morgan fingerprint density at radius 2 is 1.94 bits per heavy atom. The number of aliphatic carboxylic acids is 1. The van der Waals surface area contributed by atoms with Crippen LogP contribution in [0.5, 0.6) is 0 Å². The van der Waals surface area contributed by atoms with Crippen molar-refractivity contribution in [1.29, 1.82) is 0 Å². The van der Waals surface area contributed by atoms with Crippen molar-refractivity contribution in [2.45, 2.75) is 52.0 Å². The van der Waals surface area contributed by atoms with Gasteiger partial charge in [0, 0.05) is 12.0 Å². The van der Waals surface area contributed by atoms with E-state index in [1.54, 1.807) is 4.90 Å². The van der Waals surface area contributed by atoms with E-state index in [1.165, 1.54) is 0 Å². The second-order valence-electron chi connectivity index (χ2n) is 4.61. The number of carbonyl (C=O) groups is 2. The highest BCUT2D eigenvalue weighted by atomic mass is 16.4. The topological polar surface area (TPSA) is 57.6 Å². The molecular formula is C12H21NO3. The van der Waals surface area contributed by atoms with Gasteiger partial charge < -0.3 is 10.0 Å². The van der Waals surface area contributed by atoms with E-state index >= 15 is 0 Å². The van der Waals surface area contributed by atoms with Gasteiger partial charge in [-0.25, -0.2) is 0 Å². The normalized spacial score (nSPS) is 18.4. The summed E-state index contributed by atoms with van der Waals surface area (Å²) in [5.74, 6) is -0.986. The van der Waals surface area contributed by atoms with Crippen LogP contribution in [0.25, 0.3) is 0 Å². The summed E-state index contributed by atoms with van der Waals surface area (Å²) >= 11 is 0. The van der Waals surface area contributed by atoms with Gasteiger partial charge in [0.25, 0.3) is 0 Å². The highest BCUT2D eigenvalue weighted by molar-refractivity contribution is 5.83. The van der Waals surface area contributed by atoms with Crippen LogP contribution in [-0.2, 0) is 9.59 Å². The molecule has 1 aliphatic carbocycles. The molecule has 0 saturated heterocycles. The maximum absolute atomic E-state index is 12.1. The van der Waals surface area contributed by atoms with Crippen LogP contribution >= 0.6 is 0 Å². The fraction of sp³-hybridized carbons (Fsp3) is 0.833. The molecule has 0 bridgehead atoms. The Kier molecular flexibility index (Phi) is 4.77. The lowest BCUT2D eigenvalue weighted by Gasteiger charge is -2.29. The molecule has 1 atom stereocenters. The molecule has 0 spiro atoms. The lowest BCUT2D eigenvalue weighted by atomic mass is 10.1. The minimum atomic E-state index is -0.913. The van der Waals surface area contributed by atoms with E-state index in [1.807, 2.05) is 13.8 Å². The summed E-state index contributed by atoms with van der Waals surface area (Å²) in [7, 11) is 0. The van der Waals surface area contributed by atoms with Gasteiger partial charge in [-0.15, -0.1) is 0 Å². The quantitative estimate of drug-likeness (QED) is 0.780. The number of hydrogen-bond donors (Lipinski definition) is 1. The van der Waals surface area contributed by atoms with Crippen LogP contribution in [-0.4, -0.2) is 34.5 Å². The van der Waals surface area contributed by atoms with Crippen molar-refractivity contribution >= 4 is 11.9 Å². The number of carboxylic acids is 1. The SMILES string of the molecule is CCC(C)C(=O)N(CC(=O)O)C1CCCC1. The molecule has 92 valence electrons. The monoisotopic (exact) mass is 227 g/mol. The van der Waals surface area contributed by atoms with Gasteiger partial charge in [-0.1, -0.05) is 26.7 Å². The molecular weight excluding hydrogens is 206 g/mol. The fourth-order valence-corrected chi connectivity index (χ4v) is 2.21. The number of amides is 1. The first-order valence-electron chi connectivity index (χ1n) is 6.08. The summed E-state index contributed by atoms with van der Waals surface area (Å²) in [5, 5.41) is 8.85. The third kappa shape index (κ3) is 3.22. The molecule has 1 aliphatic rings. The summed E-state index contributed by atoms with van der Waals surface area (Å²) in [6, 6.07) is 0.151. The van der Waals surface area contributed by atoms with Crippen LogP contribution < -0.4 is 0 Å². The molecule has 16 heavy (non-hydrogen) atoms. The zero-order valence-corrected chi connectivity index (χ0v) is 10.1. The van der Waals surface area contributed by atoms with E-state index in [2.05, 4.69) is 0 Å². The maximum atomic E-state index is 12.1. The van der Waals surface area contributed by atoms with Crippen molar-refractivity contribution < 1.29 is 14.7 Å². The molecule has 0 aromatic carbocycles. The average Bonchev–Trinajstić information content (AvgIpc) is 2.76. The van der Waals surface area contributed by atoms with Gasteiger partial charge in [-0.3, -0.25) is 9.59 Å². The van der Waals surface area contributed by atoms with Crippen molar-refractivity contribution in [3.05, 3.63) is 0 Å². The van der Waals surface area contributed by atoms with Gasteiger partial charge in [0.2, 0.25) is 5.91 Å². The smallest absolute Gasteiger partial charge is 0.323 e. The summed E-state index contributed by atoms with van der Waals surface area (Å²) in [5.41, 5.74) is 0. The van der Waals surface area contributed by atoms with Crippen LogP contribution in [0.15, 0.2) is 0 Å². The lowest BCUT2D eigenvalue weighted by molar-refractivity contribution is -0.148. The predicted octanol–water partition coefficient (Wildman–Crippen LogP) is 1.89. The van der Waals surface area contributed by atoms with Crippen molar-refractivity contribution in [3.63, 3.8) is 0 Å². The van der Waals surface area contributed by atoms with Gasteiger partial charge in [0.1, 0.15) is 6.54 Å². The Bertz CT molecular complexity index is 259. The Morgan fingerprint density at radius 1 is 1.38 bits per heavy atom. The molecule has 0 heterocycles. The lowest BCUT2D eigenvalue weighted by Crippen LogP contribution is -2.44. The number of carbonyl (C=O) groups excluding carboxylic acids is 1. The first kappa shape index (κ1) is 13.0. The second kappa shape index (κ2) is 5.87. The third-order valence-corrected chi connectivity index (χ3v) is 3.39. The Hall–Kier alpha value is -1.06. The van der Waals surface area contributed by atoms with E-state index in [0.29, 0.717) is 0 Å². The number of rotatable bonds is 5. The van der Waals surface area contributed by atoms with Gasteiger partial charge in [0.05, 0.1) is 0 Å². The van der Waals surface area contributed by atoms with E-state index < -0.39 is 5.97 Å². The first-order chi connectivity index (χ1) is 7.56. The molecule has 1 fully saturated rings. The van der Waals surface area contributed by atoms with Crippen LogP contribution in [0, 0.1) is 5.92 Å². The fourth-order valence-electron chi connectivity index (χ4n) is 2.21. The van der Waals surface area contributed by atoms with Gasteiger partial charge >= 0.3 is 5.97 Å². The second-order valence-corrected chi connectivity index (χ2v) is 4.61. The summed E-state index contributed by atoms with van der Waals surface area (Å²) in [6.07, 6.45) is 4.88. The molecule has 0 aromatic heterocycles. The van der Waals surface area contributed by atoms with Crippen LogP contribution in [0.3, 0.4) is 0 Å². The number of hydrogen-bond acceptors (Lipinski definition) is 2. The van der Waals surface area contributed by atoms with Crippen molar-refractivity contribution in [2.75, 3.05) is 6.54 Å².